The predicted octanol–water partition coefficient (Wildman–Crippen LogP) is 4.05. The molecule has 3 aromatic carbocycles. The lowest BCUT2D eigenvalue weighted by Crippen LogP contribution is -2.27. The number of hydrogen-bond donors (Lipinski definition) is 1. The van der Waals surface area contributed by atoms with Crippen molar-refractivity contribution in [3.8, 4) is 5.75 Å². The molecule has 1 N–H and O–H groups in total. The summed E-state index contributed by atoms with van der Waals surface area (Å²) in [6, 6.07) is 15.1. The van der Waals surface area contributed by atoms with Crippen LogP contribution in [-0.2, 0) is 16.6 Å². The number of nitrogens with one attached hydrogen (secondary N) is 1. The summed E-state index contributed by atoms with van der Waals surface area (Å²) in [6.07, 6.45) is 0. The molecule has 0 fully saturated rings. The number of anilines is 1. The van der Waals surface area contributed by atoms with Crippen LogP contribution in [-0.4, -0.2) is 33.4 Å². The van der Waals surface area contributed by atoms with E-state index in [0.29, 0.717) is 11.3 Å². The minimum absolute atomic E-state index is 0.0327. The normalized spacial score (nSPS) is 11.1. The zero-order chi connectivity index (χ0) is 22.6. The Balaban J connectivity index is 1.84. The molecule has 0 radical (unpaired) electrons. The Hall–Kier alpha value is -3.46. The van der Waals surface area contributed by atoms with Crippen molar-refractivity contribution in [1.82, 2.24) is 4.90 Å². The van der Waals surface area contributed by atoms with E-state index in [9.17, 15) is 22.0 Å². The first-order valence-corrected chi connectivity index (χ1v) is 10.6. The lowest BCUT2D eigenvalue weighted by Gasteiger charge is -2.18. The molecule has 1 amide bonds. The lowest BCUT2D eigenvalue weighted by molar-refractivity contribution is 0.0783. The summed E-state index contributed by atoms with van der Waals surface area (Å²) >= 11 is 0. The van der Waals surface area contributed by atoms with Crippen LogP contribution in [0.4, 0.5) is 14.5 Å². The molecule has 0 unspecified atom stereocenters. The van der Waals surface area contributed by atoms with Gasteiger partial charge in [0.05, 0.1) is 7.11 Å². The summed E-state index contributed by atoms with van der Waals surface area (Å²) < 4.78 is 60.9. The third kappa shape index (κ3) is 5.18. The van der Waals surface area contributed by atoms with Gasteiger partial charge >= 0.3 is 0 Å². The molecule has 0 saturated carbocycles. The van der Waals surface area contributed by atoms with Crippen molar-refractivity contribution >= 4 is 21.6 Å². The average Bonchev–Trinajstić information content (AvgIpc) is 2.75. The zero-order valence-corrected chi connectivity index (χ0v) is 17.6. The van der Waals surface area contributed by atoms with Crippen LogP contribution in [0.1, 0.15) is 15.9 Å². The molecular formula is C22H20F2N2O4S. The summed E-state index contributed by atoms with van der Waals surface area (Å²) in [6.45, 7) is -0.0327. The first kappa shape index (κ1) is 22.2. The van der Waals surface area contributed by atoms with Crippen molar-refractivity contribution in [1.29, 1.82) is 0 Å². The summed E-state index contributed by atoms with van der Waals surface area (Å²) in [7, 11) is -1.39. The number of carbonyl (C=O) groups is 1. The van der Waals surface area contributed by atoms with E-state index in [1.54, 1.807) is 24.3 Å². The number of nitrogens with zero attached hydrogens (tertiary/aromatic N) is 1. The Labute approximate surface area is 179 Å². The molecule has 0 aliphatic carbocycles. The van der Waals surface area contributed by atoms with E-state index in [4.69, 9.17) is 4.74 Å². The molecule has 3 rings (SSSR count). The number of rotatable bonds is 7. The van der Waals surface area contributed by atoms with Crippen LogP contribution in [0.5, 0.6) is 5.75 Å². The van der Waals surface area contributed by atoms with Gasteiger partial charge in [-0.2, -0.15) is 0 Å². The van der Waals surface area contributed by atoms with Crippen LogP contribution < -0.4 is 9.46 Å². The summed E-state index contributed by atoms with van der Waals surface area (Å²) in [5, 5.41) is 0. The van der Waals surface area contributed by atoms with E-state index in [2.05, 4.69) is 4.72 Å². The van der Waals surface area contributed by atoms with Crippen LogP contribution in [0, 0.1) is 11.6 Å². The Morgan fingerprint density at radius 1 is 1.00 bits per heavy atom. The van der Waals surface area contributed by atoms with Crippen molar-refractivity contribution in [2.45, 2.75) is 11.4 Å². The molecule has 0 spiro atoms. The van der Waals surface area contributed by atoms with E-state index in [0.717, 1.165) is 12.1 Å². The van der Waals surface area contributed by atoms with Gasteiger partial charge < -0.3 is 9.64 Å². The van der Waals surface area contributed by atoms with E-state index < -0.39 is 32.5 Å². The van der Waals surface area contributed by atoms with Crippen molar-refractivity contribution in [3.63, 3.8) is 0 Å². The Morgan fingerprint density at radius 3 is 2.32 bits per heavy atom. The molecule has 9 heteroatoms. The van der Waals surface area contributed by atoms with Crippen molar-refractivity contribution in [2.24, 2.45) is 0 Å². The number of benzene rings is 3. The molecule has 0 saturated heterocycles. The minimum atomic E-state index is -4.31. The van der Waals surface area contributed by atoms with E-state index in [1.165, 1.54) is 49.4 Å². The molecule has 3 aromatic rings. The number of ether oxygens (including phenoxy) is 1. The maximum absolute atomic E-state index is 14.3. The fourth-order valence-corrected chi connectivity index (χ4v) is 4.05. The Bertz CT molecular complexity index is 1200. The molecule has 0 aliphatic heterocycles. The molecular weight excluding hydrogens is 426 g/mol. The van der Waals surface area contributed by atoms with Gasteiger partial charge in [0.15, 0.2) is 0 Å². The largest absolute Gasteiger partial charge is 0.497 e. The maximum atomic E-state index is 14.3. The first-order chi connectivity index (χ1) is 14.7. The number of hydrogen-bond acceptors (Lipinski definition) is 4. The summed E-state index contributed by atoms with van der Waals surface area (Å²) in [4.78, 5) is 13.3. The monoisotopic (exact) mass is 446 g/mol. The number of methoxy groups -OCH3 is 1. The van der Waals surface area contributed by atoms with Crippen LogP contribution in [0.3, 0.4) is 0 Å². The van der Waals surface area contributed by atoms with Crippen LogP contribution in [0.15, 0.2) is 71.6 Å². The second kappa shape index (κ2) is 9.13. The average molecular weight is 446 g/mol. The molecule has 0 aromatic heterocycles. The van der Waals surface area contributed by atoms with Gasteiger partial charge in [0.25, 0.3) is 15.9 Å². The molecule has 0 atom stereocenters. The predicted molar refractivity (Wildman–Crippen MR) is 112 cm³/mol. The number of amides is 1. The fourth-order valence-electron chi connectivity index (χ4n) is 2.89. The lowest BCUT2D eigenvalue weighted by atomic mass is 10.1. The summed E-state index contributed by atoms with van der Waals surface area (Å²) in [5.41, 5.74) is 0.457. The van der Waals surface area contributed by atoms with Crippen LogP contribution >= 0.6 is 0 Å². The van der Waals surface area contributed by atoms with Gasteiger partial charge in [-0.05, 0) is 48.5 Å². The number of carbonyl (C=O) groups excluding carboxylic acids is 1. The van der Waals surface area contributed by atoms with Gasteiger partial charge in [0.2, 0.25) is 0 Å². The van der Waals surface area contributed by atoms with E-state index in [1.807, 2.05) is 0 Å². The highest BCUT2D eigenvalue weighted by atomic mass is 32.2. The van der Waals surface area contributed by atoms with Crippen LogP contribution in [0.25, 0.3) is 0 Å². The topological polar surface area (TPSA) is 75.7 Å². The molecule has 0 heterocycles. The highest BCUT2D eigenvalue weighted by molar-refractivity contribution is 7.92. The summed E-state index contributed by atoms with van der Waals surface area (Å²) in [5.74, 6) is -1.52. The molecule has 31 heavy (non-hydrogen) atoms. The van der Waals surface area contributed by atoms with Crippen LogP contribution in [0.2, 0.25) is 0 Å². The molecule has 0 bridgehead atoms. The van der Waals surface area contributed by atoms with Crippen molar-refractivity contribution in [2.75, 3.05) is 18.9 Å². The van der Waals surface area contributed by atoms with Gasteiger partial charge in [-0.3, -0.25) is 9.52 Å². The van der Waals surface area contributed by atoms with Gasteiger partial charge in [-0.15, -0.1) is 0 Å². The third-order valence-electron chi connectivity index (χ3n) is 4.52. The smallest absolute Gasteiger partial charge is 0.264 e. The van der Waals surface area contributed by atoms with Crippen molar-refractivity contribution in [3.05, 3.63) is 89.5 Å². The quantitative estimate of drug-likeness (QED) is 0.594. The second-order valence-corrected chi connectivity index (χ2v) is 8.38. The molecule has 0 aliphatic rings. The Morgan fingerprint density at radius 2 is 1.68 bits per heavy atom. The Kier molecular flexibility index (Phi) is 6.55. The molecule has 6 nitrogen and oxygen atoms in total. The first-order valence-electron chi connectivity index (χ1n) is 9.16. The van der Waals surface area contributed by atoms with Gasteiger partial charge in [0.1, 0.15) is 22.3 Å². The highest BCUT2D eigenvalue weighted by Gasteiger charge is 2.23. The fraction of sp³-hybridized carbons (Fsp3) is 0.136. The minimum Gasteiger partial charge on any atom is -0.497 e. The number of sulfonamides is 1. The van der Waals surface area contributed by atoms with Gasteiger partial charge in [-0.25, -0.2) is 17.2 Å². The van der Waals surface area contributed by atoms with E-state index >= 15 is 0 Å². The maximum Gasteiger partial charge on any atom is 0.264 e. The SMILES string of the molecule is COc1ccc(NS(=O)(=O)c2cc(C(=O)N(C)Cc3ccccc3F)ccc2F)cc1. The highest BCUT2D eigenvalue weighted by Crippen LogP contribution is 2.23. The number of halogens is 2. The molecule has 162 valence electrons. The zero-order valence-electron chi connectivity index (χ0n) is 16.8. The second-order valence-electron chi connectivity index (χ2n) is 6.73. The van der Waals surface area contributed by atoms with Gasteiger partial charge in [-0.1, -0.05) is 18.2 Å². The van der Waals surface area contributed by atoms with Gasteiger partial charge in [0, 0.05) is 30.4 Å². The standard InChI is InChI=1S/C22H20F2N2O4S/c1-26(14-16-5-3-4-6-19(16)23)22(27)15-7-12-20(24)21(13-15)31(28,29)25-17-8-10-18(30-2)11-9-17/h3-13,25H,14H2,1-2H3. The van der Waals surface area contributed by atoms with E-state index in [-0.39, 0.29) is 17.8 Å². The van der Waals surface area contributed by atoms with Crippen molar-refractivity contribution < 1.29 is 26.7 Å². The third-order valence-corrected chi connectivity index (χ3v) is 5.92.